The molecule has 0 aromatic heterocycles. The first-order valence-electron chi connectivity index (χ1n) is 10.1. The quantitative estimate of drug-likeness (QED) is 0.703. The van der Waals surface area contributed by atoms with Crippen LogP contribution >= 0.6 is 12.2 Å². The van der Waals surface area contributed by atoms with Gasteiger partial charge in [0.25, 0.3) is 0 Å². The van der Waals surface area contributed by atoms with Crippen LogP contribution < -0.4 is 15.0 Å². The molecular formula is C23H31N3OS. The number of nitrogens with one attached hydrogen (secondary N) is 1. The van der Waals surface area contributed by atoms with E-state index in [4.69, 9.17) is 17.0 Å². The molecule has 4 nitrogen and oxygen atoms in total. The second-order valence-electron chi connectivity index (χ2n) is 7.36. The number of ether oxygens (including phenoxy) is 1. The summed E-state index contributed by atoms with van der Waals surface area (Å²) in [4.78, 5) is 4.64. The normalized spacial score (nSPS) is 14.1. The maximum absolute atomic E-state index is 5.69. The van der Waals surface area contributed by atoms with Gasteiger partial charge in [-0.25, -0.2) is 0 Å². The maximum Gasteiger partial charge on any atom is 0.173 e. The van der Waals surface area contributed by atoms with Gasteiger partial charge < -0.3 is 19.9 Å². The average Bonchev–Trinajstić information content (AvgIpc) is 2.74. The molecule has 1 aliphatic rings. The lowest BCUT2D eigenvalue weighted by Gasteiger charge is -2.37. The standard InChI is InChI=1S/C23H31N3OS/c1-4-5-7-19-10-11-22(18(2)16-19)24-23(28)26-14-12-25(13-15-26)20-8-6-9-21(17-20)27-3/h6,8-11,16-17H,4-5,7,12-15H2,1-3H3,(H,24,28). The highest BCUT2D eigenvalue weighted by atomic mass is 32.1. The Hall–Kier alpha value is -2.27. The number of benzene rings is 2. The fourth-order valence-corrected chi connectivity index (χ4v) is 3.86. The number of nitrogens with zero attached hydrogens (tertiary/aromatic N) is 2. The summed E-state index contributed by atoms with van der Waals surface area (Å²) in [5, 5.41) is 4.27. The molecule has 0 aliphatic carbocycles. The summed E-state index contributed by atoms with van der Waals surface area (Å²) >= 11 is 5.69. The summed E-state index contributed by atoms with van der Waals surface area (Å²) in [6.45, 7) is 8.11. The van der Waals surface area contributed by atoms with E-state index in [-0.39, 0.29) is 0 Å². The van der Waals surface area contributed by atoms with E-state index < -0.39 is 0 Å². The van der Waals surface area contributed by atoms with Crippen molar-refractivity contribution in [2.24, 2.45) is 0 Å². The number of piperazine rings is 1. The Kier molecular flexibility index (Phi) is 7.15. The number of hydrogen-bond donors (Lipinski definition) is 1. The van der Waals surface area contributed by atoms with Gasteiger partial charge in [0.05, 0.1) is 7.11 Å². The van der Waals surface area contributed by atoms with Crippen LogP contribution in [0, 0.1) is 6.92 Å². The van der Waals surface area contributed by atoms with Crippen molar-refractivity contribution in [3.05, 3.63) is 53.6 Å². The Morgan fingerprint density at radius 3 is 2.57 bits per heavy atom. The third kappa shape index (κ3) is 5.16. The predicted octanol–water partition coefficient (Wildman–Crippen LogP) is 4.87. The van der Waals surface area contributed by atoms with Crippen LogP contribution in [0.1, 0.15) is 30.9 Å². The molecule has 0 radical (unpaired) electrons. The van der Waals surface area contributed by atoms with E-state index >= 15 is 0 Å². The first-order chi connectivity index (χ1) is 13.6. The van der Waals surface area contributed by atoms with Crippen LogP contribution in [0.4, 0.5) is 11.4 Å². The highest BCUT2D eigenvalue weighted by Gasteiger charge is 2.20. The Morgan fingerprint density at radius 2 is 1.89 bits per heavy atom. The van der Waals surface area contributed by atoms with Gasteiger partial charge in [-0.3, -0.25) is 0 Å². The Morgan fingerprint density at radius 1 is 1.11 bits per heavy atom. The van der Waals surface area contributed by atoms with Crippen LogP contribution in [0.15, 0.2) is 42.5 Å². The van der Waals surface area contributed by atoms with Gasteiger partial charge >= 0.3 is 0 Å². The van der Waals surface area contributed by atoms with Crippen molar-refractivity contribution in [1.82, 2.24) is 4.90 Å². The molecule has 1 N–H and O–H groups in total. The van der Waals surface area contributed by atoms with Crippen molar-refractivity contribution >= 4 is 28.7 Å². The van der Waals surface area contributed by atoms with E-state index in [0.717, 1.165) is 49.1 Å². The molecule has 1 saturated heterocycles. The third-order valence-corrected chi connectivity index (χ3v) is 5.70. The Bertz CT molecular complexity index is 800. The van der Waals surface area contributed by atoms with Gasteiger partial charge in [-0.1, -0.05) is 31.5 Å². The fraction of sp³-hybridized carbons (Fsp3) is 0.435. The molecule has 0 saturated carbocycles. The first kappa shape index (κ1) is 20.5. The lowest BCUT2D eigenvalue weighted by atomic mass is 10.0. The highest BCUT2D eigenvalue weighted by molar-refractivity contribution is 7.80. The SMILES string of the molecule is CCCCc1ccc(NC(=S)N2CCN(c3cccc(OC)c3)CC2)c(C)c1. The first-order valence-corrected chi connectivity index (χ1v) is 10.6. The summed E-state index contributed by atoms with van der Waals surface area (Å²) in [6, 6.07) is 14.9. The van der Waals surface area contributed by atoms with Crippen LogP contribution in [0.5, 0.6) is 5.75 Å². The van der Waals surface area contributed by atoms with Crippen molar-refractivity contribution in [3.8, 4) is 5.75 Å². The van der Waals surface area contributed by atoms with E-state index in [2.05, 4.69) is 59.3 Å². The summed E-state index contributed by atoms with van der Waals surface area (Å²) < 4.78 is 5.34. The predicted molar refractivity (Wildman–Crippen MR) is 123 cm³/mol. The van der Waals surface area contributed by atoms with E-state index in [1.54, 1.807) is 7.11 Å². The largest absolute Gasteiger partial charge is 0.497 e. The van der Waals surface area contributed by atoms with Crippen LogP contribution in [0.2, 0.25) is 0 Å². The highest BCUT2D eigenvalue weighted by Crippen LogP contribution is 2.23. The van der Waals surface area contributed by atoms with Crippen molar-refractivity contribution in [1.29, 1.82) is 0 Å². The molecule has 150 valence electrons. The average molecular weight is 398 g/mol. The number of methoxy groups -OCH3 is 1. The van der Waals surface area contributed by atoms with Crippen molar-refractivity contribution in [2.45, 2.75) is 33.1 Å². The lowest BCUT2D eigenvalue weighted by molar-refractivity contribution is 0.389. The van der Waals surface area contributed by atoms with Gasteiger partial charge in [0.15, 0.2) is 5.11 Å². The van der Waals surface area contributed by atoms with Crippen molar-refractivity contribution in [3.63, 3.8) is 0 Å². The Labute approximate surface area is 174 Å². The summed E-state index contributed by atoms with van der Waals surface area (Å²) in [6.07, 6.45) is 3.61. The summed E-state index contributed by atoms with van der Waals surface area (Å²) in [7, 11) is 1.71. The van der Waals surface area contributed by atoms with Crippen LogP contribution in [-0.2, 0) is 6.42 Å². The molecule has 28 heavy (non-hydrogen) atoms. The minimum absolute atomic E-state index is 0.815. The van der Waals surface area contributed by atoms with E-state index in [9.17, 15) is 0 Å². The van der Waals surface area contributed by atoms with Gasteiger partial charge in [0.2, 0.25) is 0 Å². The number of aryl methyl sites for hydroxylation is 2. The van der Waals surface area contributed by atoms with Gasteiger partial charge in [0.1, 0.15) is 5.75 Å². The lowest BCUT2D eigenvalue weighted by Crippen LogP contribution is -2.50. The molecule has 3 rings (SSSR count). The van der Waals surface area contributed by atoms with Gasteiger partial charge in [-0.05, 0) is 61.3 Å². The number of thiocarbonyl (C=S) groups is 1. The molecule has 1 heterocycles. The zero-order valence-electron chi connectivity index (χ0n) is 17.2. The van der Waals surface area contributed by atoms with Crippen molar-refractivity contribution < 1.29 is 4.74 Å². The monoisotopic (exact) mass is 397 g/mol. The van der Waals surface area contributed by atoms with Crippen LogP contribution in [-0.4, -0.2) is 43.3 Å². The van der Waals surface area contributed by atoms with Crippen LogP contribution in [0.25, 0.3) is 0 Å². The summed E-state index contributed by atoms with van der Waals surface area (Å²) in [5.41, 5.74) is 4.98. The molecule has 0 bridgehead atoms. The number of hydrogen-bond acceptors (Lipinski definition) is 3. The van der Waals surface area contributed by atoms with Gasteiger partial charge in [-0.15, -0.1) is 0 Å². The van der Waals surface area contributed by atoms with Crippen LogP contribution in [0.3, 0.4) is 0 Å². The molecule has 2 aromatic rings. The number of unbranched alkanes of at least 4 members (excludes halogenated alkanes) is 1. The molecule has 0 amide bonds. The molecule has 0 spiro atoms. The Balaban J connectivity index is 1.55. The van der Waals surface area contributed by atoms with E-state index in [0.29, 0.717) is 0 Å². The second kappa shape index (κ2) is 9.78. The molecule has 0 unspecified atom stereocenters. The minimum atomic E-state index is 0.815. The smallest absolute Gasteiger partial charge is 0.173 e. The minimum Gasteiger partial charge on any atom is -0.497 e. The fourth-order valence-electron chi connectivity index (χ4n) is 3.57. The van der Waals surface area contributed by atoms with Crippen molar-refractivity contribution in [2.75, 3.05) is 43.5 Å². The topological polar surface area (TPSA) is 27.7 Å². The molecule has 1 fully saturated rings. The number of anilines is 2. The number of rotatable bonds is 6. The second-order valence-corrected chi connectivity index (χ2v) is 7.75. The molecule has 1 aliphatic heterocycles. The van der Waals surface area contributed by atoms with E-state index in [1.165, 1.54) is 29.7 Å². The summed E-state index contributed by atoms with van der Waals surface area (Å²) in [5.74, 6) is 0.898. The molecule has 5 heteroatoms. The maximum atomic E-state index is 5.69. The van der Waals surface area contributed by atoms with E-state index in [1.807, 2.05) is 12.1 Å². The molecular weight excluding hydrogens is 366 g/mol. The van der Waals surface area contributed by atoms with Gasteiger partial charge in [-0.2, -0.15) is 0 Å². The zero-order valence-corrected chi connectivity index (χ0v) is 18.0. The molecule has 2 aromatic carbocycles. The van der Waals surface area contributed by atoms with Gasteiger partial charge in [0, 0.05) is 43.6 Å². The zero-order chi connectivity index (χ0) is 19.9. The third-order valence-electron chi connectivity index (χ3n) is 5.34. The molecule has 0 atom stereocenters.